The average molecular weight is 907 g/mol. The van der Waals surface area contributed by atoms with E-state index in [0.29, 0.717) is 0 Å². The lowest BCUT2D eigenvalue weighted by molar-refractivity contribution is 0.400. The van der Waals surface area contributed by atoms with Crippen LogP contribution in [0.3, 0.4) is 0 Å². The summed E-state index contributed by atoms with van der Waals surface area (Å²) >= 11 is 0. The van der Waals surface area contributed by atoms with Crippen molar-refractivity contribution < 1.29 is 0 Å². The molecule has 0 nitrogen and oxygen atoms in total. The van der Waals surface area contributed by atoms with Gasteiger partial charge in [0.2, 0.25) is 0 Å². The van der Waals surface area contributed by atoms with Gasteiger partial charge in [0, 0.05) is 5.41 Å². The molecule has 1 atom stereocenters. The second-order valence-electron chi connectivity index (χ2n) is 19.6. The van der Waals surface area contributed by atoms with Crippen LogP contribution in [0.4, 0.5) is 0 Å². The topological polar surface area (TPSA) is 0 Å². The number of fused-ring (bicyclic) bond motifs is 3. The lowest BCUT2D eigenvalue weighted by Gasteiger charge is -2.33. The average Bonchev–Trinajstić information content (AvgIpc) is 3.70. The van der Waals surface area contributed by atoms with Gasteiger partial charge in [0.1, 0.15) is 0 Å². The fourth-order valence-corrected chi connectivity index (χ4v) is 11.2. The minimum absolute atomic E-state index is 0.0339. The van der Waals surface area contributed by atoms with Gasteiger partial charge in [-0.05, 0) is 137 Å². The number of hydrogen-bond acceptors (Lipinski definition) is 0. The normalized spacial score (nSPS) is 13.7. The Bertz CT molecular complexity index is 3100. The van der Waals surface area contributed by atoms with E-state index in [0.717, 1.165) is 0 Å². The van der Waals surface area contributed by atoms with Crippen LogP contribution in [0.25, 0.3) is 78.4 Å². The highest BCUT2D eigenvalue weighted by Crippen LogP contribution is 2.56. The standard InChI is InChI=1S/C70H66/c1-3-5-7-9-23-47-70(46-22-8-6-4-2)68-50-61(53-34-32-52(33-35-53)48-66(57-26-16-11-17-27-57)58-28-18-12-19-29-58)41-44-64(68)65-45-42-62(51-69(65)70)55-38-36-54(37-39-55)60-40-43-63(56-24-14-10-15-25-56)67(49-60)59-30-20-13-21-31-59/h10-21,24-45,48-51H,3-9,22-23,46-47H2,1-2H3. The molecule has 0 heterocycles. The Morgan fingerprint density at radius 3 is 1.16 bits per heavy atom. The summed E-state index contributed by atoms with van der Waals surface area (Å²) < 4.78 is 0. The maximum Gasteiger partial charge on any atom is 0.0215 e. The van der Waals surface area contributed by atoms with Crippen LogP contribution in [-0.2, 0) is 5.41 Å². The van der Waals surface area contributed by atoms with Crippen LogP contribution in [0.2, 0.25) is 0 Å². The van der Waals surface area contributed by atoms with Crippen molar-refractivity contribution in [3.05, 3.63) is 252 Å². The molecular weight excluding hydrogens is 841 g/mol. The minimum atomic E-state index is -0.0339. The summed E-state index contributed by atoms with van der Waals surface area (Å²) in [6.07, 6.45) is 16.2. The minimum Gasteiger partial charge on any atom is -0.0654 e. The van der Waals surface area contributed by atoms with Gasteiger partial charge < -0.3 is 0 Å². The van der Waals surface area contributed by atoms with Crippen molar-refractivity contribution in [1.29, 1.82) is 0 Å². The van der Waals surface area contributed by atoms with Gasteiger partial charge in [-0.15, -0.1) is 0 Å². The maximum absolute atomic E-state index is 2.59. The van der Waals surface area contributed by atoms with Crippen molar-refractivity contribution in [1.82, 2.24) is 0 Å². The predicted molar refractivity (Wildman–Crippen MR) is 302 cm³/mol. The van der Waals surface area contributed by atoms with E-state index >= 15 is 0 Å². The first-order valence-corrected chi connectivity index (χ1v) is 26.2. The summed E-state index contributed by atoms with van der Waals surface area (Å²) in [4.78, 5) is 0. The molecule has 0 fully saturated rings. The Kier molecular flexibility index (Phi) is 14.6. The van der Waals surface area contributed by atoms with Crippen LogP contribution in [0, 0.1) is 0 Å². The number of hydrogen-bond donors (Lipinski definition) is 0. The van der Waals surface area contributed by atoms with Crippen LogP contribution in [0.1, 0.15) is 112 Å². The molecule has 0 N–H and O–H groups in total. The largest absolute Gasteiger partial charge is 0.0654 e. The van der Waals surface area contributed by atoms with Crippen LogP contribution in [0.15, 0.2) is 224 Å². The van der Waals surface area contributed by atoms with E-state index in [1.807, 2.05) is 0 Å². The number of unbranched alkanes of at least 4 members (excludes halogenated alkanes) is 7. The molecule has 0 amide bonds. The van der Waals surface area contributed by atoms with Crippen molar-refractivity contribution in [2.24, 2.45) is 0 Å². The Morgan fingerprint density at radius 1 is 0.314 bits per heavy atom. The quantitative estimate of drug-likeness (QED) is 0.0560. The summed E-state index contributed by atoms with van der Waals surface area (Å²) in [6.45, 7) is 4.66. The first kappa shape index (κ1) is 46.4. The summed E-state index contributed by atoms with van der Waals surface area (Å²) in [5.74, 6) is 0. The third-order valence-electron chi connectivity index (χ3n) is 15.0. The van der Waals surface area contributed by atoms with Crippen molar-refractivity contribution in [2.75, 3.05) is 0 Å². The first-order chi connectivity index (χ1) is 34.6. The van der Waals surface area contributed by atoms with E-state index in [1.165, 1.54) is 171 Å². The fourth-order valence-electron chi connectivity index (χ4n) is 11.2. The van der Waals surface area contributed by atoms with E-state index < -0.39 is 0 Å². The summed E-state index contributed by atoms with van der Waals surface area (Å²) in [5, 5.41) is 0. The van der Waals surface area contributed by atoms with Crippen molar-refractivity contribution in [2.45, 2.75) is 89.9 Å². The van der Waals surface area contributed by atoms with Crippen molar-refractivity contribution >= 4 is 11.6 Å². The Hall–Kier alpha value is -7.28. The van der Waals surface area contributed by atoms with E-state index in [1.54, 1.807) is 0 Å². The van der Waals surface area contributed by atoms with Crippen LogP contribution >= 0.6 is 0 Å². The zero-order chi connectivity index (χ0) is 47.5. The highest BCUT2D eigenvalue weighted by molar-refractivity contribution is 5.92. The zero-order valence-corrected chi connectivity index (χ0v) is 41.2. The molecule has 10 rings (SSSR count). The molecule has 0 bridgehead atoms. The molecule has 9 aromatic carbocycles. The molecule has 70 heavy (non-hydrogen) atoms. The number of benzene rings is 9. The molecule has 0 saturated heterocycles. The monoisotopic (exact) mass is 907 g/mol. The molecule has 9 aromatic rings. The number of rotatable bonds is 19. The lowest BCUT2D eigenvalue weighted by Crippen LogP contribution is -2.25. The predicted octanol–water partition coefficient (Wildman–Crippen LogP) is 20.2. The van der Waals surface area contributed by atoms with E-state index in [2.05, 4.69) is 244 Å². The fraction of sp³-hybridized carbons (Fsp3) is 0.200. The van der Waals surface area contributed by atoms with Gasteiger partial charge in [-0.25, -0.2) is 0 Å². The Labute approximate surface area is 418 Å². The third kappa shape index (κ3) is 10.1. The van der Waals surface area contributed by atoms with Crippen molar-refractivity contribution in [3.63, 3.8) is 0 Å². The Morgan fingerprint density at radius 2 is 0.686 bits per heavy atom. The molecule has 1 aliphatic carbocycles. The van der Waals surface area contributed by atoms with Crippen LogP contribution < -0.4 is 0 Å². The molecule has 0 aromatic heterocycles. The smallest absolute Gasteiger partial charge is 0.0215 e. The molecule has 0 heteroatoms. The second kappa shape index (κ2) is 22.0. The molecule has 0 saturated carbocycles. The van der Waals surface area contributed by atoms with Gasteiger partial charge in [0.05, 0.1) is 0 Å². The first-order valence-electron chi connectivity index (χ1n) is 26.2. The molecule has 0 radical (unpaired) electrons. The molecule has 346 valence electrons. The Balaban J connectivity index is 0.999. The van der Waals surface area contributed by atoms with Gasteiger partial charge in [-0.1, -0.05) is 278 Å². The third-order valence-corrected chi connectivity index (χ3v) is 15.0. The summed E-state index contributed by atoms with van der Waals surface area (Å²) in [7, 11) is 0. The molecule has 1 aliphatic rings. The van der Waals surface area contributed by atoms with E-state index in [9.17, 15) is 0 Å². The van der Waals surface area contributed by atoms with Gasteiger partial charge in [-0.3, -0.25) is 0 Å². The van der Waals surface area contributed by atoms with Gasteiger partial charge in [0.15, 0.2) is 0 Å². The van der Waals surface area contributed by atoms with E-state index in [4.69, 9.17) is 0 Å². The zero-order valence-electron chi connectivity index (χ0n) is 41.2. The molecule has 0 aliphatic heterocycles. The second-order valence-corrected chi connectivity index (χ2v) is 19.6. The van der Waals surface area contributed by atoms with Crippen molar-refractivity contribution in [3.8, 4) is 66.8 Å². The highest BCUT2D eigenvalue weighted by atomic mass is 14.5. The van der Waals surface area contributed by atoms with E-state index in [-0.39, 0.29) is 5.41 Å². The summed E-state index contributed by atoms with van der Waals surface area (Å²) in [6, 6.07) is 83.5. The van der Waals surface area contributed by atoms with Gasteiger partial charge >= 0.3 is 0 Å². The molecule has 1 unspecified atom stereocenters. The SMILES string of the molecule is CCCCCCCC1(CCCCCC)c2cc(-c3ccc(C=C(c4ccccc4)c4ccccc4)cc3)ccc2-c2ccc(-c3ccc(-c4ccc(-c5ccccc5)c(-c5ccccc5)c4)cc3)cc21. The van der Waals surface area contributed by atoms with Gasteiger partial charge in [-0.2, -0.15) is 0 Å². The summed E-state index contributed by atoms with van der Waals surface area (Å²) in [5.41, 5.74) is 23.4. The van der Waals surface area contributed by atoms with Crippen LogP contribution in [0.5, 0.6) is 0 Å². The lowest BCUT2D eigenvalue weighted by atomic mass is 9.70. The highest BCUT2D eigenvalue weighted by Gasteiger charge is 2.42. The maximum atomic E-state index is 2.59. The van der Waals surface area contributed by atoms with Crippen LogP contribution in [-0.4, -0.2) is 0 Å². The molecular formula is C70H66. The molecule has 0 spiro atoms. The van der Waals surface area contributed by atoms with Gasteiger partial charge in [0.25, 0.3) is 0 Å².